The summed E-state index contributed by atoms with van der Waals surface area (Å²) in [5.41, 5.74) is 7.54. The SMILES string of the molecule is CC1(C)CCC(N)CN1Cc1cccc2c1C(=O)N(C1CCC(=O)NC1=O)C2=O. The van der Waals surface area contributed by atoms with Crippen molar-refractivity contribution in [1.82, 2.24) is 15.1 Å². The number of nitrogens with two attached hydrogens (primary N) is 1. The predicted molar refractivity (Wildman–Crippen MR) is 105 cm³/mol. The number of fused-ring (bicyclic) bond motifs is 1. The second-order valence-electron chi connectivity index (χ2n) is 8.78. The van der Waals surface area contributed by atoms with Crippen LogP contribution in [-0.2, 0) is 16.1 Å². The number of piperidine rings is 2. The quantitative estimate of drug-likeness (QED) is 0.728. The first-order valence-electron chi connectivity index (χ1n) is 10.0. The van der Waals surface area contributed by atoms with Crippen molar-refractivity contribution in [2.45, 2.75) is 63.7 Å². The molecule has 1 aromatic rings. The van der Waals surface area contributed by atoms with Crippen LogP contribution in [0.25, 0.3) is 0 Å². The molecule has 8 heteroatoms. The van der Waals surface area contributed by atoms with E-state index in [9.17, 15) is 19.2 Å². The van der Waals surface area contributed by atoms with Gasteiger partial charge in [0.15, 0.2) is 0 Å². The minimum atomic E-state index is -0.951. The molecule has 154 valence electrons. The Morgan fingerprint density at radius 1 is 1.14 bits per heavy atom. The molecule has 3 aliphatic rings. The second-order valence-corrected chi connectivity index (χ2v) is 8.78. The molecule has 0 saturated carbocycles. The lowest BCUT2D eigenvalue weighted by Crippen LogP contribution is -2.54. The maximum atomic E-state index is 13.2. The van der Waals surface area contributed by atoms with Crippen molar-refractivity contribution in [3.63, 3.8) is 0 Å². The molecule has 3 aliphatic heterocycles. The van der Waals surface area contributed by atoms with E-state index in [0.717, 1.165) is 29.8 Å². The van der Waals surface area contributed by atoms with Crippen molar-refractivity contribution < 1.29 is 19.2 Å². The minimum Gasteiger partial charge on any atom is -0.327 e. The summed E-state index contributed by atoms with van der Waals surface area (Å²) in [5, 5.41) is 2.22. The molecule has 29 heavy (non-hydrogen) atoms. The van der Waals surface area contributed by atoms with Crippen LogP contribution in [0.4, 0.5) is 0 Å². The molecular weight excluding hydrogens is 372 g/mol. The fourth-order valence-electron chi connectivity index (χ4n) is 4.52. The number of amides is 4. The van der Waals surface area contributed by atoms with Crippen molar-refractivity contribution >= 4 is 23.6 Å². The van der Waals surface area contributed by atoms with E-state index in [1.807, 2.05) is 6.07 Å². The van der Waals surface area contributed by atoms with Gasteiger partial charge in [-0.2, -0.15) is 0 Å². The van der Waals surface area contributed by atoms with Crippen LogP contribution in [0.15, 0.2) is 18.2 Å². The largest absolute Gasteiger partial charge is 0.327 e. The summed E-state index contributed by atoms with van der Waals surface area (Å²) < 4.78 is 0. The van der Waals surface area contributed by atoms with Gasteiger partial charge in [-0.3, -0.25) is 34.3 Å². The number of carbonyl (C=O) groups is 4. The van der Waals surface area contributed by atoms with Crippen molar-refractivity contribution in [2.75, 3.05) is 6.54 Å². The van der Waals surface area contributed by atoms with E-state index in [2.05, 4.69) is 24.1 Å². The van der Waals surface area contributed by atoms with E-state index in [4.69, 9.17) is 5.73 Å². The van der Waals surface area contributed by atoms with Crippen LogP contribution in [0, 0.1) is 0 Å². The van der Waals surface area contributed by atoms with Gasteiger partial charge >= 0.3 is 0 Å². The molecule has 0 aliphatic carbocycles. The van der Waals surface area contributed by atoms with Gasteiger partial charge in [-0.25, -0.2) is 0 Å². The van der Waals surface area contributed by atoms with E-state index >= 15 is 0 Å². The van der Waals surface area contributed by atoms with Gasteiger partial charge in [-0.1, -0.05) is 12.1 Å². The maximum Gasteiger partial charge on any atom is 0.262 e. The van der Waals surface area contributed by atoms with Crippen LogP contribution < -0.4 is 11.1 Å². The van der Waals surface area contributed by atoms with Crippen LogP contribution in [0.3, 0.4) is 0 Å². The highest BCUT2D eigenvalue weighted by Crippen LogP contribution is 2.33. The Balaban J connectivity index is 1.65. The average Bonchev–Trinajstić information content (AvgIpc) is 2.91. The third-order valence-corrected chi connectivity index (χ3v) is 6.35. The first-order valence-corrected chi connectivity index (χ1v) is 10.0. The summed E-state index contributed by atoms with van der Waals surface area (Å²) in [5.74, 6) is -1.92. The molecule has 3 N–H and O–H groups in total. The third kappa shape index (κ3) is 3.36. The molecule has 8 nitrogen and oxygen atoms in total. The summed E-state index contributed by atoms with van der Waals surface area (Å²) in [6.07, 6.45) is 2.17. The molecule has 3 heterocycles. The van der Waals surface area contributed by atoms with E-state index < -0.39 is 23.8 Å². The first-order chi connectivity index (χ1) is 13.7. The number of rotatable bonds is 3. The standard InChI is InChI=1S/C21H26N4O4/c1-21(2)9-8-13(22)11-24(21)10-12-4-3-5-14-17(12)20(29)25(19(14)28)15-6-7-16(26)23-18(15)27/h3-5,13,15H,6-11,22H2,1-2H3,(H,23,26,27). The number of hydrogen-bond acceptors (Lipinski definition) is 6. The van der Waals surface area contributed by atoms with Crippen LogP contribution in [0.2, 0.25) is 0 Å². The van der Waals surface area contributed by atoms with Crippen LogP contribution in [-0.4, -0.2) is 57.6 Å². The predicted octanol–water partition coefficient (Wildman–Crippen LogP) is 0.790. The van der Waals surface area contributed by atoms with E-state index in [1.165, 1.54) is 0 Å². The van der Waals surface area contributed by atoms with Crippen LogP contribution in [0.5, 0.6) is 0 Å². The number of nitrogens with one attached hydrogen (secondary N) is 1. The number of hydrogen-bond donors (Lipinski definition) is 2. The normalized spacial score (nSPS) is 27.2. The topological polar surface area (TPSA) is 113 Å². The fourth-order valence-corrected chi connectivity index (χ4v) is 4.52. The molecule has 0 aromatic heterocycles. The van der Waals surface area contributed by atoms with Gasteiger partial charge in [-0.05, 0) is 44.7 Å². The van der Waals surface area contributed by atoms with Gasteiger partial charge in [0.25, 0.3) is 11.8 Å². The van der Waals surface area contributed by atoms with Gasteiger partial charge in [0.05, 0.1) is 11.1 Å². The summed E-state index contributed by atoms with van der Waals surface area (Å²) >= 11 is 0. The molecule has 2 atom stereocenters. The van der Waals surface area contributed by atoms with Crippen molar-refractivity contribution in [3.8, 4) is 0 Å². The molecular formula is C21H26N4O4. The zero-order chi connectivity index (χ0) is 20.9. The Morgan fingerprint density at radius 3 is 2.62 bits per heavy atom. The second kappa shape index (κ2) is 7.03. The highest BCUT2D eigenvalue weighted by Gasteiger charge is 2.46. The van der Waals surface area contributed by atoms with E-state index in [-0.39, 0.29) is 30.3 Å². The summed E-state index contributed by atoms with van der Waals surface area (Å²) in [4.78, 5) is 53.2. The fraction of sp³-hybridized carbons (Fsp3) is 0.524. The number of imide groups is 2. The molecule has 2 unspecified atom stereocenters. The Morgan fingerprint density at radius 2 is 1.90 bits per heavy atom. The Kier molecular flexibility index (Phi) is 4.78. The molecule has 0 bridgehead atoms. The lowest BCUT2D eigenvalue weighted by Gasteiger charge is -2.45. The van der Waals surface area contributed by atoms with Gasteiger partial charge < -0.3 is 5.73 Å². The molecule has 4 rings (SSSR count). The summed E-state index contributed by atoms with van der Waals surface area (Å²) in [6, 6.07) is 4.38. The zero-order valence-corrected chi connectivity index (χ0v) is 16.7. The lowest BCUT2D eigenvalue weighted by atomic mass is 9.87. The number of nitrogens with zero attached hydrogens (tertiary/aromatic N) is 2. The molecule has 0 spiro atoms. The highest BCUT2D eigenvalue weighted by molar-refractivity contribution is 6.24. The summed E-state index contributed by atoms with van der Waals surface area (Å²) in [6.45, 7) is 5.54. The Labute approximate surface area is 169 Å². The number of benzene rings is 1. The summed E-state index contributed by atoms with van der Waals surface area (Å²) in [7, 11) is 0. The maximum absolute atomic E-state index is 13.2. The number of likely N-dealkylation sites (tertiary alicyclic amines) is 1. The average molecular weight is 398 g/mol. The minimum absolute atomic E-state index is 0.0619. The smallest absolute Gasteiger partial charge is 0.262 e. The van der Waals surface area contributed by atoms with Crippen LogP contribution in [0.1, 0.15) is 65.8 Å². The van der Waals surface area contributed by atoms with Crippen molar-refractivity contribution in [2.24, 2.45) is 5.73 Å². The van der Waals surface area contributed by atoms with Gasteiger partial charge in [0.2, 0.25) is 11.8 Å². The van der Waals surface area contributed by atoms with Crippen molar-refractivity contribution in [1.29, 1.82) is 0 Å². The van der Waals surface area contributed by atoms with Crippen LogP contribution >= 0.6 is 0 Å². The highest BCUT2D eigenvalue weighted by atomic mass is 16.2. The molecule has 4 amide bonds. The van der Waals surface area contributed by atoms with Gasteiger partial charge in [0.1, 0.15) is 6.04 Å². The van der Waals surface area contributed by atoms with Gasteiger partial charge in [0, 0.05) is 31.1 Å². The monoisotopic (exact) mass is 398 g/mol. The number of carbonyl (C=O) groups excluding carboxylic acids is 4. The molecule has 0 radical (unpaired) electrons. The van der Waals surface area contributed by atoms with E-state index in [1.54, 1.807) is 12.1 Å². The van der Waals surface area contributed by atoms with E-state index in [0.29, 0.717) is 17.7 Å². The third-order valence-electron chi connectivity index (χ3n) is 6.35. The Hall–Kier alpha value is -2.58. The van der Waals surface area contributed by atoms with Gasteiger partial charge in [-0.15, -0.1) is 0 Å². The molecule has 1 aromatic carbocycles. The molecule has 2 fully saturated rings. The lowest BCUT2D eigenvalue weighted by molar-refractivity contribution is -0.136. The van der Waals surface area contributed by atoms with Crippen molar-refractivity contribution in [3.05, 3.63) is 34.9 Å². The Bertz CT molecular complexity index is 910. The molecule has 2 saturated heterocycles. The zero-order valence-electron chi connectivity index (χ0n) is 16.7. The first kappa shape index (κ1) is 19.7.